The zero-order valence-corrected chi connectivity index (χ0v) is 12.7. The number of hydrogen-bond donors (Lipinski definition) is 1. The fraction of sp³-hybridized carbons (Fsp3) is 0.0667. The van der Waals surface area contributed by atoms with E-state index in [2.05, 4.69) is 9.98 Å². The summed E-state index contributed by atoms with van der Waals surface area (Å²) < 4.78 is 2.14. The smallest absolute Gasteiger partial charge is 0.183 e. The molecule has 106 valence electrons. The van der Waals surface area contributed by atoms with Gasteiger partial charge in [-0.2, -0.15) is 0 Å². The molecule has 3 aromatic rings. The number of nitrogens with two attached hydrogens (primary N) is 1. The van der Waals surface area contributed by atoms with Crippen LogP contribution in [0.1, 0.15) is 10.6 Å². The van der Waals surface area contributed by atoms with Gasteiger partial charge in [-0.1, -0.05) is 35.9 Å². The van der Waals surface area contributed by atoms with E-state index in [1.54, 1.807) is 10.9 Å². The van der Waals surface area contributed by atoms with Crippen LogP contribution in [0.5, 0.6) is 0 Å². The maximum Gasteiger partial charge on any atom is 0.183 e. The van der Waals surface area contributed by atoms with Crippen LogP contribution in [0.3, 0.4) is 0 Å². The Balaban J connectivity index is 1.97. The van der Waals surface area contributed by atoms with E-state index in [9.17, 15) is 0 Å². The molecule has 4 nitrogen and oxygen atoms in total. The number of aromatic nitrogens is 2. The zero-order valence-electron chi connectivity index (χ0n) is 11.1. The molecule has 0 saturated heterocycles. The molecular formula is C15H13ClN4S. The third-order valence-electron chi connectivity index (χ3n) is 2.97. The zero-order chi connectivity index (χ0) is 14.7. The molecular weight excluding hydrogens is 304 g/mol. The molecule has 6 heteroatoms. The highest BCUT2D eigenvalue weighted by molar-refractivity contribution is 7.15. The van der Waals surface area contributed by atoms with Crippen LogP contribution in [0.2, 0.25) is 4.47 Å². The number of halogens is 1. The van der Waals surface area contributed by atoms with Crippen molar-refractivity contribution in [2.45, 2.75) is 6.42 Å². The molecule has 2 aromatic heterocycles. The van der Waals surface area contributed by atoms with Crippen LogP contribution in [-0.2, 0) is 6.42 Å². The number of benzene rings is 1. The van der Waals surface area contributed by atoms with Gasteiger partial charge in [0.2, 0.25) is 0 Å². The molecule has 0 atom stereocenters. The van der Waals surface area contributed by atoms with E-state index < -0.39 is 0 Å². The number of hydrogen-bond acceptors (Lipinski definition) is 4. The Morgan fingerprint density at radius 2 is 1.95 bits per heavy atom. The van der Waals surface area contributed by atoms with Crippen LogP contribution in [0, 0.1) is 0 Å². The molecule has 3 rings (SSSR count). The SMILES string of the molecule is Nn1c(Cc2cnc(Cl)s2)ccc/c1=N\c1ccccc1. The van der Waals surface area contributed by atoms with Gasteiger partial charge in [0.25, 0.3) is 0 Å². The first-order chi connectivity index (χ1) is 10.2. The normalized spacial score (nSPS) is 11.8. The fourth-order valence-electron chi connectivity index (χ4n) is 1.97. The van der Waals surface area contributed by atoms with Crippen molar-refractivity contribution in [1.29, 1.82) is 0 Å². The third-order valence-corrected chi connectivity index (χ3v) is 4.09. The molecule has 0 amide bonds. The summed E-state index contributed by atoms with van der Waals surface area (Å²) in [6.45, 7) is 0. The lowest BCUT2D eigenvalue weighted by Crippen LogP contribution is -2.30. The number of pyridine rings is 1. The van der Waals surface area contributed by atoms with Crippen LogP contribution >= 0.6 is 22.9 Å². The number of para-hydroxylation sites is 1. The minimum Gasteiger partial charge on any atom is -0.337 e. The lowest BCUT2D eigenvalue weighted by atomic mass is 10.2. The lowest BCUT2D eigenvalue weighted by Gasteiger charge is -2.07. The molecule has 0 aliphatic carbocycles. The molecule has 2 N–H and O–H groups in total. The minimum atomic E-state index is 0.540. The average molecular weight is 317 g/mol. The predicted octanol–water partition coefficient (Wildman–Crippen LogP) is 3.14. The summed E-state index contributed by atoms with van der Waals surface area (Å²) in [6.07, 6.45) is 2.45. The van der Waals surface area contributed by atoms with Crippen LogP contribution in [0.4, 0.5) is 5.69 Å². The summed E-state index contributed by atoms with van der Waals surface area (Å²) in [6, 6.07) is 15.5. The van der Waals surface area contributed by atoms with Crippen LogP contribution < -0.4 is 11.3 Å². The first kappa shape index (κ1) is 13.9. The van der Waals surface area contributed by atoms with E-state index in [1.165, 1.54) is 11.3 Å². The van der Waals surface area contributed by atoms with Gasteiger partial charge < -0.3 is 5.84 Å². The van der Waals surface area contributed by atoms with Crippen LogP contribution in [0.15, 0.2) is 59.7 Å². The number of nitrogen functional groups attached to an aromatic ring is 1. The minimum absolute atomic E-state index is 0.540. The molecule has 21 heavy (non-hydrogen) atoms. The Morgan fingerprint density at radius 1 is 1.14 bits per heavy atom. The van der Waals surface area contributed by atoms with Gasteiger partial charge in [-0.25, -0.2) is 14.7 Å². The largest absolute Gasteiger partial charge is 0.337 e. The highest BCUT2D eigenvalue weighted by Gasteiger charge is 2.04. The third kappa shape index (κ3) is 3.32. The summed E-state index contributed by atoms with van der Waals surface area (Å²) >= 11 is 7.31. The maximum absolute atomic E-state index is 6.16. The lowest BCUT2D eigenvalue weighted by molar-refractivity contribution is 0.833. The van der Waals surface area contributed by atoms with Crippen LogP contribution in [0.25, 0.3) is 0 Å². The van der Waals surface area contributed by atoms with E-state index in [-0.39, 0.29) is 0 Å². The standard InChI is InChI=1S/C15H13ClN4S/c16-15-18-10-13(21-15)9-12-7-4-8-14(20(12)17)19-11-5-2-1-3-6-11/h1-8,10H,9,17H2/b19-14+. The van der Waals surface area contributed by atoms with E-state index in [1.807, 2.05) is 48.5 Å². The van der Waals surface area contributed by atoms with Gasteiger partial charge in [0, 0.05) is 23.2 Å². The van der Waals surface area contributed by atoms with Crippen molar-refractivity contribution in [1.82, 2.24) is 9.66 Å². The molecule has 0 spiro atoms. The monoisotopic (exact) mass is 316 g/mol. The van der Waals surface area contributed by atoms with E-state index in [4.69, 9.17) is 17.4 Å². The number of thiazole rings is 1. The Kier molecular flexibility index (Phi) is 4.03. The van der Waals surface area contributed by atoms with Gasteiger partial charge in [-0.3, -0.25) is 0 Å². The number of rotatable bonds is 3. The van der Waals surface area contributed by atoms with Gasteiger partial charge in [-0.15, -0.1) is 11.3 Å². The van der Waals surface area contributed by atoms with Crippen molar-refractivity contribution in [3.8, 4) is 0 Å². The molecule has 1 aromatic carbocycles. The van der Waals surface area contributed by atoms with Crippen molar-refractivity contribution in [3.63, 3.8) is 0 Å². The molecule has 0 bridgehead atoms. The van der Waals surface area contributed by atoms with Gasteiger partial charge in [0.05, 0.1) is 5.69 Å². The first-order valence-electron chi connectivity index (χ1n) is 6.38. The van der Waals surface area contributed by atoms with E-state index in [0.717, 1.165) is 16.3 Å². The maximum atomic E-state index is 6.16. The molecule has 0 aliphatic heterocycles. The molecule has 0 radical (unpaired) electrons. The van der Waals surface area contributed by atoms with E-state index >= 15 is 0 Å². The van der Waals surface area contributed by atoms with Gasteiger partial charge in [0.1, 0.15) is 0 Å². The Hall–Kier alpha value is -2.11. The highest BCUT2D eigenvalue weighted by Crippen LogP contribution is 2.20. The van der Waals surface area contributed by atoms with Gasteiger partial charge in [0.15, 0.2) is 9.95 Å². The first-order valence-corrected chi connectivity index (χ1v) is 7.58. The second kappa shape index (κ2) is 6.11. The number of nitrogens with zero attached hydrogens (tertiary/aromatic N) is 3. The van der Waals surface area contributed by atoms with Crippen molar-refractivity contribution in [2.24, 2.45) is 4.99 Å². The van der Waals surface area contributed by atoms with Crippen molar-refractivity contribution in [3.05, 3.63) is 75.3 Å². The quantitative estimate of drug-likeness (QED) is 0.755. The van der Waals surface area contributed by atoms with Crippen LogP contribution in [-0.4, -0.2) is 9.66 Å². The summed E-state index contributed by atoms with van der Waals surface area (Å²) in [5.74, 6) is 6.16. The molecule has 0 unspecified atom stereocenters. The average Bonchev–Trinajstić information content (AvgIpc) is 2.90. The van der Waals surface area contributed by atoms with Crippen molar-refractivity contribution >= 4 is 28.6 Å². The summed E-state index contributed by atoms with van der Waals surface area (Å²) in [7, 11) is 0. The van der Waals surface area contributed by atoms with E-state index in [0.29, 0.717) is 16.4 Å². The Labute approximate surface area is 131 Å². The van der Waals surface area contributed by atoms with Crippen molar-refractivity contribution < 1.29 is 0 Å². The molecule has 2 heterocycles. The fourth-order valence-corrected chi connectivity index (χ4v) is 2.96. The molecule has 0 aliphatic rings. The summed E-state index contributed by atoms with van der Waals surface area (Å²) in [5, 5.41) is 0. The topological polar surface area (TPSA) is 56.2 Å². The highest BCUT2D eigenvalue weighted by atomic mass is 35.5. The molecule has 0 saturated carbocycles. The summed E-state index contributed by atoms with van der Waals surface area (Å²) in [4.78, 5) is 9.66. The molecule has 0 fully saturated rings. The Bertz CT molecular complexity index is 808. The summed E-state index contributed by atoms with van der Waals surface area (Å²) in [5.41, 5.74) is 2.52. The van der Waals surface area contributed by atoms with Gasteiger partial charge in [-0.05, 0) is 24.3 Å². The van der Waals surface area contributed by atoms with Gasteiger partial charge >= 0.3 is 0 Å². The second-order valence-electron chi connectivity index (χ2n) is 4.45. The second-order valence-corrected chi connectivity index (χ2v) is 6.15. The van der Waals surface area contributed by atoms with Crippen molar-refractivity contribution in [2.75, 3.05) is 5.84 Å². The Morgan fingerprint density at radius 3 is 2.67 bits per heavy atom. The predicted molar refractivity (Wildman–Crippen MR) is 86.2 cm³/mol.